The Morgan fingerprint density at radius 3 is 3.00 bits per heavy atom. The monoisotopic (exact) mass is 365 g/mol. The lowest BCUT2D eigenvalue weighted by molar-refractivity contribution is -0.127. The van der Waals surface area contributed by atoms with Crippen molar-refractivity contribution in [3.8, 4) is 11.4 Å². The highest BCUT2D eigenvalue weighted by atomic mass is 32.1. The van der Waals surface area contributed by atoms with E-state index >= 15 is 0 Å². The minimum absolute atomic E-state index is 0.000370. The zero-order valence-corrected chi connectivity index (χ0v) is 15.2. The molecule has 2 bridgehead atoms. The number of pyridine rings is 1. The van der Waals surface area contributed by atoms with Gasteiger partial charge in [-0.1, -0.05) is 6.07 Å². The maximum Gasteiger partial charge on any atom is 0.230 e. The van der Waals surface area contributed by atoms with Gasteiger partial charge in [0.05, 0.1) is 17.3 Å². The highest BCUT2D eigenvalue weighted by molar-refractivity contribution is 7.14. The van der Waals surface area contributed by atoms with Gasteiger partial charge in [0.15, 0.2) is 5.13 Å². The first-order valence-corrected chi connectivity index (χ1v) is 9.72. The number of carbonyl (C=O) groups excluding carboxylic acids is 1. The standard InChI is InChI=1S/C19H19N5OS/c1-24-9-6-15(23-24)19-7-5-12(10-19)16(19)17(25)22-18-21-14(11-26-18)13-4-2-3-8-20-13/h2-4,6,8-9,11-12,16H,5,7,10H2,1H3,(H,21,22,25). The second kappa shape index (κ2) is 5.74. The average Bonchev–Trinajstić information content (AvgIpc) is 3.38. The van der Waals surface area contributed by atoms with E-state index in [2.05, 4.69) is 26.4 Å². The Morgan fingerprint density at radius 2 is 2.27 bits per heavy atom. The molecule has 0 radical (unpaired) electrons. The third kappa shape index (κ3) is 2.30. The van der Waals surface area contributed by atoms with Crippen molar-refractivity contribution >= 4 is 22.4 Å². The van der Waals surface area contributed by atoms with Crippen molar-refractivity contribution in [2.75, 3.05) is 5.32 Å². The van der Waals surface area contributed by atoms with Crippen molar-refractivity contribution in [2.24, 2.45) is 18.9 Å². The minimum Gasteiger partial charge on any atom is -0.302 e. The number of rotatable bonds is 4. The molecule has 0 spiro atoms. The molecular weight excluding hydrogens is 346 g/mol. The number of carbonyl (C=O) groups is 1. The number of aryl methyl sites for hydroxylation is 1. The van der Waals surface area contributed by atoms with Crippen LogP contribution in [0.4, 0.5) is 5.13 Å². The number of amides is 1. The molecule has 3 aliphatic rings. The van der Waals surface area contributed by atoms with Gasteiger partial charge in [0.2, 0.25) is 5.91 Å². The number of nitrogens with one attached hydrogen (secondary N) is 1. The van der Waals surface area contributed by atoms with Crippen LogP contribution in [0.1, 0.15) is 25.0 Å². The first-order valence-electron chi connectivity index (χ1n) is 8.84. The van der Waals surface area contributed by atoms with E-state index in [-0.39, 0.29) is 17.2 Å². The van der Waals surface area contributed by atoms with Gasteiger partial charge in [-0.15, -0.1) is 11.3 Å². The van der Waals surface area contributed by atoms with Crippen molar-refractivity contribution in [3.63, 3.8) is 0 Å². The van der Waals surface area contributed by atoms with Crippen LogP contribution in [0.3, 0.4) is 0 Å². The van der Waals surface area contributed by atoms with Gasteiger partial charge in [-0.2, -0.15) is 5.10 Å². The number of nitrogens with zero attached hydrogens (tertiary/aromatic N) is 4. The number of hydrogen-bond acceptors (Lipinski definition) is 5. The molecule has 3 fully saturated rings. The summed E-state index contributed by atoms with van der Waals surface area (Å²) < 4.78 is 1.82. The first kappa shape index (κ1) is 15.7. The molecule has 3 heterocycles. The molecule has 0 aromatic carbocycles. The van der Waals surface area contributed by atoms with Crippen molar-refractivity contribution in [1.29, 1.82) is 0 Å². The molecule has 6 rings (SSSR count). The predicted octanol–water partition coefficient (Wildman–Crippen LogP) is 3.25. The van der Waals surface area contributed by atoms with Gasteiger partial charge in [0, 0.05) is 30.2 Å². The normalized spacial score (nSPS) is 26.5. The lowest BCUT2D eigenvalue weighted by atomic mass is 9.58. The Morgan fingerprint density at radius 1 is 1.35 bits per heavy atom. The molecule has 3 saturated carbocycles. The number of thiazole rings is 1. The highest BCUT2D eigenvalue weighted by Gasteiger charge is 2.63. The molecular formula is C19H19N5OS. The SMILES string of the molecule is Cn1ccc(C23CCC(C2)C3C(=O)Nc2nc(-c3ccccn3)cs2)n1. The zero-order chi connectivity index (χ0) is 17.7. The van der Waals surface area contributed by atoms with E-state index in [1.54, 1.807) is 6.20 Å². The fourth-order valence-electron chi connectivity index (χ4n) is 4.66. The summed E-state index contributed by atoms with van der Waals surface area (Å²) in [6.07, 6.45) is 6.93. The first-order chi connectivity index (χ1) is 12.7. The van der Waals surface area contributed by atoms with Crippen LogP contribution in [0.5, 0.6) is 0 Å². The molecule has 3 atom stereocenters. The molecule has 26 heavy (non-hydrogen) atoms. The Bertz CT molecular complexity index is 961. The van der Waals surface area contributed by atoms with Gasteiger partial charge in [0.25, 0.3) is 0 Å². The second-order valence-electron chi connectivity index (χ2n) is 7.25. The smallest absolute Gasteiger partial charge is 0.230 e. The Labute approximate surface area is 155 Å². The average molecular weight is 365 g/mol. The van der Waals surface area contributed by atoms with Crippen LogP contribution < -0.4 is 5.32 Å². The molecule has 3 unspecified atom stereocenters. The fourth-order valence-corrected chi connectivity index (χ4v) is 5.36. The molecule has 6 nitrogen and oxygen atoms in total. The second-order valence-corrected chi connectivity index (χ2v) is 8.11. The number of hydrogen-bond donors (Lipinski definition) is 1. The molecule has 0 aliphatic heterocycles. The van der Waals surface area contributed by atoms with Crippen LogP contribution in [-0.2, 0) is 17.3 Å². The van der Waals surface area contributed by atoms with Crippen molar-refractivity contribution in [1.82, 2.24) is 19.7 Å². The Hall–Kier alpha value is -2.54. The van der Waals surface area contributed by atoms with E-state index in [0.29, 0.717) is 11.0 Å². The summed E-state index contributed by atoms with van der Waals surface area (Å²) in [5.74, 6) is 0.540. The molecule has 1 amide bonds. The van der Waals surface area contributed by atoms with E-state index in [1.807, 2.05) is 41.5 Å². The number of aromatic nitrogens is 4. The molecule has 3 aliphatic carbocycles. The van der Waals surface area contributed by atoms with E-state index in [9.17, 15) is 4.79 Å². The van der Waals surface area contributed by atoms with E-state index in [0.717, 1.165) is 36.3 Å². The summed E-state index contributed by atoms with van der Waals surface area (Å²) in [6.45, 7) is 0. The van der Waals surface area contributed by atoms with Crippen LogP contribution in [0, 0.1) is 11.8 Å². The fraction of sp³-hybridized carbons (Fsp3) is 0.368. The Balaban J connectivity index is 1.36. The largest absolute Gasteiger partial charge is 0.302 e. The van der Waals surface area contributed by atoms with Crippen LogP contribution in [0.25, 0.3) is 11.4 Å². The van der Waals surface area contributed by atoms with E-state index < -0.39 is 0 Å². The summed E-state index contributed by atoms with van der Waals surface area (Å²) in [6, 6.07) is 7.79. The summed E-state index contributed by atoms with van der Waals surface area (Å²) in [5.41, 5.74) is 2.58. The van der Waals surface area contributed by atoms with E-state index in [4.69, 9.17) is 0 Å². The minimum atomic E-state index is -0.0862. The topological polar surface area (TPSA) is 72.7 Å². The molecule has 0 saturated heterocycles. The lowest BCUT2D eigenvalue weighted by Crippen LogP contribution is -2.50. The third-order valence-corrected chi connectivity index (χ3v) is 6.58. The summed E-state index contributed by atoms with van der Waals surface area (Å²) >= 11 is 1.44. The maximum atomic E-state index is 13.0. The predicted molar refractivity (Wildman–Crippen MR) is 99.7 cm³/mol. The highest BCUT2D eigenvalue weighted by Crippen LogP contribution is 2.63. The van der Waals surface area contributed by atoms with Crippen molar-refractivity contribution in [2.45, 2.75) is 24.7 Å². The van der Waals surface area contributed by atoms with Crippen LogP contribution in [-0.4, -0.2) is 25.7 Å². The van der Waals surface area contributed by atoms with Gasteiger partial charge < -0.3 is 5.32 Å². The molecule has 1 N–H and O–H groups in total. The van der Waals surface area contributed by atoms with Gasteiger partial charge in [-0.05, 0) is 43.4 Å². The van der Waals surface area contributed by atoms with Crippen molar-refractivity contribution < 1.29 is 4.79 Å². The van der Waals surface area contributed by atoms with Crippen molar-refractivity contribution in [3.05, 3.63) is 47.7 Å². The third-order valence-electron chi connectivity index (χ3n) is 5.82. The van der Waals surface area contributed by atoms with Gasteiger partial charge in [-0.3, -0.25) is 14.5 Å². The van der Waals surface area contributed by atoms with Crippen LogP contribution in [0.2, 0.25) is 0 Å². The van der Waals surface area contributed by atoms with Gasteiger partial charge in [-0.25, -0.2) is 4.98 Å². The number of anilines is 1. The van der Waals surface area contributed by atoms with Crippen LogP contribution >= 0.6 is 11.3 Å². The molecule has 3 aromatic heterocycles. The van der Waals surface area contributed by atoms with Crippen LogP contribution in [0.15, 0.2) is 42.0 Å². The lowest BCUT2D eigenvalue weighted by Gasteiger charge is -2.45. The van der Waals surface area contributed by atoms with Gasteiger partial charge in [0.1, 0.15) is 5.69 Å². The number of fused-ring (bicyclic) bond motifs is 1. The maximum absolute atomic E-state index is 13.0. The van der Waals surface area contributed by atoms with Gasteiger partial charge >= 0.3 is 0 Å². The Kier molecular flexibility index (Phi) is 3.46. The quantitative estimate of drug-likeness (QED) is 0.770. The summed E-state index contributed by atoms with van der Waals surface area (Å²) in [7, 11) is 1.93. The molecule has 3 aromatic rings. The molecule has 132 valence electrons. The summed E-state index contributed by atoms with van der Waals surface area (Å²) in [5, 5.41) is 10.2. The van der Waals surface area contributed by atoms with E-state index in [1.165, 1.54) is 11.3 Å². The summed E-state index contributed by atoms with van der Waals surface area (Å²) in [4.78, 5) is 21.8. The zero-order valence-electron chi connectivity index (χ0n) is 14.4. The molecule has 7 heteroatoms.